The number of nitrogens with one attached hydrogen (secondary N) is 2. The van der Waals surface area contributed by atoms with E-state index in [4.69, 9.17) is 4.52 Å². The third-order valence-electron chi connectivity index (χ3n) is 3.77. The normalized spacial score (nSPS) is 20.7. The number of anilines is 1. The summed E-state index contributed by atoms with van der Waals surface area (Å²) in [6.45, 7) is 7.74. The Balaban J connectivity index is 2.02. The van der Waals surface area contributed by atoms with Crippen molar-refractivity contribution < 1.29 is 9.32 Å². The van der Waals surface area contributed by atoms with Crippen molar-refractivity contribution in [2.45, 2.75) is 33.6 Å². The number of carbonyl (C=O) groups excluding carboxylic acids is 1. The van der Waals surface area contributed by atoms with E-state index in [1.54, 1.807) is 13.0 Å². The van der Waals surface area contributed by atoms with Gasteiger partial charge >= 0.3 is 0 Å². The third kappa shape index (κ3) is 2.72. The number of amides is 1. The van der Waals surface area contributed by atoms with Crippen LogP contribution in [-0.4, -0.2) is 24.2 Å². The number of nitrogens with zero attached hydrogens (tertiary/aromatic N) is 1. The van der Waals surface area contributed by atoms with Crippen molar-refractivity contribution in [3.8, 4) is 0 Å². The number of carbonyl (C=O) groups is 1. The van der Waals surface area contributed by atoms with Crippen molar-refractivity contribution in [1.82, 2.24) is 10.5 Å². The first-order chi connectivity index (χ1) is 8.50. The van der Waals surface area contributed by atoms with Crippen LogP contribution in [-0.2, 0) is 4.79 Å². The molecule has 1 aliphatic rings. The van der Waals surface area contributed by atoms with E-state index < -0.39 is 5.41 Å². The summed E-state index contributed by atoms with van der Waals surface area (Å²) < 4.78 is 4.95. The largest absolute Gasteiger partial charge is 0.360 e. The quantitative estimate of drug-likeness (QED) is 0.861. The Labute approximate surface area is 107 Å². The predicted octanol–water partition coefficient (Wildman–Crippen LogP) is 1.95. The fraction of sp³-hybridized carbons (Fsp3) is 0.692. The summed E-state index contributed by atoms with van der Waals surface area (Å²) in [5.74, 6) is 1.56. The van der Waals surface area contributed by atoms with Crippen LogP contribution in [0.3, 0.4) is 0 Å². The molecule has 0 spiro atoms. The van der Waals surface area contributed by atoms with E-state index in [9.17, 15) is 4.79 Å². The second-order valence-electron chi connectivity index (χ2n) is 5.54. The first kappa shape index (κ1) is 13.1. The van der Waals surface area contributed by atoms with Crippen LogP contribution in [0.25, 0.3) is 0 Å². The first-order valence-electron chi connectivity index (χ1n) is 6.45. The van der Waals surface area contributed by atoms with E-state index in [2.05, 4.69) is 15.8 Å². The third-order valence-corrected chi connectivity index (χ3v) is 3.77. The monoisotopic (exact) mass is 251 g/mol. The minimum absolute atomic E-state index is 0.00417. The van der Waals surface area contributed by atoms with Gasteiger partial charge in [-0.2, -0.15) is 0 Å². The molecule has 1 aromatic heterocycles. The van der Waals surface area contributed by atoms with E-state index in [0.717, 1.165) is 25.9 Å². The van der Waals surface area contributed by atoms with Gasteiger partial charge in [0.05, 0.1) is 0 Å². The highest BCUT2D eigenvalue weighted by Crippen LogP contribution is 2.32. The van der Waals surface area contributed by atoms with Crippen LogP contribution < -0.4 is 10.6 Å². The Kier molecular flexibility index (Phi) is 3.71. The molecule has 1 atom stereocenters. The minimum Gasteiger partial charge on any atom is -0.360 e. The van der Waals surface area contributed by atoms with E-state index in [1.807, 2.05) is 13.8 Å². The molecule has 1 fully saturated rings. The summed E-state index contributed by atoms with van der Waals surface area (Å²) in [7, 11) is 0. The van der Waals surface area contributed by atoms with Crippen LogP contribution in [0.5, 0.6) is 0 Å². The van der Waals surface area contributed by atoms with Crippen LogP contribution in [0.15, 0.2) is 10.6 Å². The van der Waals surface area contributed by atoms with Gasteiger partial charge in [-0.3, -0.25) is 4.79 Å². The SMILES string of the molecule is Cc1cc(NC(=O)C(C)(C)C2CCCNC2)no1. The van der Waals surface area contributed by atoms with Gasteiger partial charge < -0.3 is 15.2 Å². The van der Waals surface area contributed by atoms with Crippen molar-refractivity contribution in [2.24, 2.45) is 11.3 Å². The van der Waals surface area contributed by atoms with Crippen molar-refractivity contribution >= 4 is 11.7 Å². The maximum atomic E-state index is 12.3. The van der Waals surface area contributed by atoms with Crippen LogP contribution in [0.2, 0.25) is 0 Å². The molecule has 1 saturated heterocycles. The predicted molar refractivity (Wildman–Crippen MR) is 69.2 cm³/mol. The zero-order chi connectivity index (χ0) is 13.2. The highest BCUT2D eigenvalue weighted by atomic mass is 16.5. The molecule has 5 nitrogen and oxygen atoms in total. The molecule has 1 unspecified atom stereocenters. The number of aryl methyl sites for hydroxylation is 1. The fourth-order valence-corrected chi connectivity index (χ4v) is 2.36. The molecular formula is C13H21N3O2. The molecule has 1 aliphatic heterocycles. The Morgan fingerprint density at radius 3 is 2.94 bits per heavy atom. The second kappa shape index (κ2) is 5.10. The molecule has 100 valence electrons. The topological polar surface area (TPSA) is 67.2 Å². The zero-order valence-electron chi connectivity index (χ0n) is 11.2. The van der Waals surface area contributed by atoms with Crippen LogP contribution in [0, 0.1) is 18.3 Å². The number of aromatic nitrogens is 1. The minimum atomic E-state index is -0.403. The Hall–Kier alpha value is -1.36. The summed E-state index contributed by atoms with van der Waals surface area (Å²) >= 11 is 0. The Morgan fingerprint density at radius 1 is 1.61 bits per heavy atom. The van der Waals surface area contributed by atoms with Crippen LogP contribution in [0.1, 0.15) is 32.4 Å². The van der Waals surface area contributed by atoms with Gasteiger partial charge in [-0.1, -0.05) is 19.0 Å². The second-order valence-corrected chi connectivity index (χ2v) is 5.54. The van der Waals surface area contributed by atoms with Gasteiger partial charge in [-0.05, 0) is 38.8 Å². The van der Waals surface area contributed by atoms with Gasteiger partial charge in [0, 0.05) is 11.5 Å². The molecule has 0 radical (unpaired) electrons. The molecule has 1 amide bonds. The molecular weight excluding hydrogens is 230 g/mol. The lowest BCUT2D eigenvalue weighted by Gasteiger charge is -2.35. The average Bonchev–Trinajstić information content (AvgIpc) is 2.76. The molecule has 2 rings (SSSR count). The number of piperidine rings is 1. The molecule has 0 bridgehead atoms. The molecule has 2 N–H and O–H groups in total. The molecule has 1 aromatic rings. The summed E-state index contributed by atoms with van der Waals surface area (Å²) in [5.41, 5.74) is -0.403. The highest BCUT2D eigenvalue weighted by molar-refractivity contribution is 5.94. The maximum Gasteiger partial charge on any atom is 0.231 e. The van der Waals surface area contributed by atoms with E-state index in [-0.39, 0.29) is 5.91 Å². The summed E-state index contributed by atoms with van der Waals surface area (Å²) in [6.07, 6.45) is 2.22. The van der Waals surface area contributed by atoms with Crippen molar-refractivity contribution in [3.05, 3.63) is 11.8 Å². The van der Waals surface area contributed by atoms with E-state index >= 15 is 0 Å². The highest BCUT2D eigenvalue weighted by Gasteiger charge is 2.37. The van der Waals surface area contributed by atoms with Crippen LogP contribution >= 0.6 is 0 Å². The summed E-state index contributed by atoms with van der Waals surface area (Å²) in [6, 6.07) is 1.73. The smallest absolute Gasteiger partial charge is 0.231 e. The zero-order valence-corrected chi connectivity index (χ0v) is 11.2. The lowest BCUT2D eigenvalue weighted by molar-refractivity contribution is -0.127. The average molecular weight is 251 g/mol. The maximum absolute atomic E-state index is 12.3. The number of hydrogen-bond donors (Lipinski definition) is 2. The lowest BCUT2D eigenvalue weighted by Crippen LogP contribution is -2.44. The Bertz CT molecular complexity index is 420. The van der Waals surface area contributed by atoms with Gasteiger partial charge in [0.1, 0.15) is 5.76 Å². The lowest BCUT2D eigenvalue weighted by atomic mass is 9.74. The van der Waals surface area contributed by atoms with Crippen molar-refractivity contribution in [2.75, 3.05) is 18.4 Å². The number of hydrogen-bond acceptors (Lipinski definition) is 4. The van der Waals surface area contributed by atoms with Crippen LogP contribution in [0.4, 0.5) is 5.82 Å². The van der Waals surface area contributed by atoms with E-state index in [1.165, 1.54) is 0 Å². The molecule has 2 heterocycles. The molecule has 0 aromatic carbocycles. The van der Waals surface area contributed by atoms with E-state index in [0.29, 0.717) is 17.5 Å². The van der Waals surface area contributed by atoms with Gasteiger partial charge in [0.25, 0.3) is 0 Å². The van der Waals surface area contributed by atoms with Crippen molar-refractivity contribution in [3.63, 3.8) is 0 Å². The summed E-state index contributed by atoms with van der Waals surface area (Å²) in [4.78, 5) is 12.3. The van der Waals surface area contributed by atoms with Gasteiger partial charge in [0.15, 0.2) is 5.82 Å². The molecule has 5 heteroatoms. The van der Waals surface area contributed by atoms with Crippen molar-refractivity contribution in [1.29, 1.82) is 0 Å². The standard InChI is InChI=1S/C13H21N3O2/c1-9-7-11(16-18-9)15-12(17)13(2,3)10-5-4-6-14-8-10/h7,10,14H,4-6,8H2,1-3H3,(H,15,16,17). The van der Waals surface area contributed by atoms with Gasteiger partial charge in [0.2, 0.25) is 5.91 Å². The van der Waals surface area contributed by atoms with Gasteiger partial charge in [-0.25, -0.2) is 0 Å². The van der Waals surface area contributed by atoms with Gasteiger partial charge in [-0.15, -0.1) is 0 Å². The fourth-order valence-electron chi connectivity index (χ4n) is 2.36. The molecule has 0 saturated carbocycles. The summed E-state index contributed by atoms with van der Waals surface area (Å²) in [5, 5.41) is 9.97. The first-order valence-corrected chi connectivity index (χ1v) is 6.45. The molecule has 0 aliphatic carbocycles. The number of rotatable bonds is 3. The Morgan fingerprint density at radius 2 is 2.39 bits per heavy atom. The molecule has 18 heavy (non-hydrogen) atoms.